The maximum absolute atomic E-state index is 12.9. The van der Waals surface area contributed by atoms with Crippen LogP contribution in [-0.4, -0.2) is 66.3 Å². The Labute approximate surface area is 185 Å². The number of methoxy groups -OCH3 is 2. The minimum absolute atomic E-state index is 0.0162. The lowest BCUT2D eigenvalue weighted by atomic mass is 10.1. The second-order valence-electron chi connectivity index (χ2n) is 7.98. The fraction of sp³-hybridized carbons (Fsp3) is 0.391. The third kappa shape index (κ3) is 3.98. The van der Waals surface area contributed by atoms with Gasteiger partial charge >= 0.3 is 0 Å². The van der Waals surface area contributed by atoms with Crippen molar-refractivity contribution in [3.05, 3.63) is 48.0 Å². The third-order valence-corrected chi connectivity index (χ3v) is 5.90. The van der Waals surface area contributed by atoms with Gasteiger partial charge < -0.3 is 23.8 Å². The van der Waals surface area contributed by atoms with Crippen LogP contribution in [0, 0.1) is 0 Å². The van der Waals surface area contributed by atoms with E-state index >= 15 is 0 Å². The highest BCUT2D eigenvalue weighted by atomic mass is 16.5. The van der Waals surface area contributed by atoms with E-state index in [9.17, 15) is 4.79 Å². The van der Waals surface area contributed by atoms with Crippen molar-refractivity contribution < 1.29 is 18.8 Å². The van der Waals surface area contributed by atoms with E-state index in [4.69, 9.17) is 14.0 Å². The first-order valence-electron chi connectivity index (χ1n) is 10.7. The molecule has 1 aliphatic carbocycles. The summed E-state index contributed by atoms with van der Waals surface area (Å²) in [5.74, 6) is 3.74. The van der Waals surface area contributed by atoms with E-state index < -0.39 is 0 Å². The van der Waals surface area contributed by atoms with Crippen molar-refractivity contribution in [2.75, 3.05) is 45.3 Å². The molecule has 166 valence electrons. The van der Waals surface area contributed by atoms with Gasteiger partial charge in [0.25, 0.3) is 5.91 Å². The van der Waals surface area contributed by atoms with Crippen LogP contribution in [0.3, 0.4) is 0 Å². The van der Waals surface area contributed by atoms with Crippen LogP contribution in [0.25, 0.3) is 11.4 Å². The Morgan fingerprint density at radius 3 is 2.47 bits per heavy atom. The molecule has 3 aromatic rings. The number of piperazine rings is 1. The Hall–Kier alpha value is -3.62. The van der Waals surface area contributed by atoms with Crippen LogP contribution < -0.4 is 14.4 Å². The lowest BCUT2D eigenvalue weighted by Crippen LogP contribution is -2.49. The van der Waals surface area contributed by atoms with Crippen molar-refractivity contribution in [2.24, 2.45) is 0 Å². The lowest BCUT2D eigenvalue weighted by Gasteiger charge is -2.35. The molecule has 1 saturated carbocycles. The Morgan fingerprint density at radius 1 is 1.03 bits per heavy atom. The maximum Gasteiger partial charge on any atom is 0.254 e. The van der Waals surface area contributed by atoms with Gasteiger partial charge in [0.05, 0.1) is 14.2 Å². The molecule has 1 aromatic carbocycles. The average molecular weight is 435 g/mol. The van der Waals surface area contributed by atoms with Crippen LogP contribution in [0.15, 0.2) is 41.1 Å². The molecule has 0 N–H and O–H groups in total. The predicted molar refractivity (Wildman–Crippen MR) is 117 cm³/mol. The number of carbonyl (C=O) groups excluding carboxylic acids is 1. The molecule has 32 heavy (non-hydrogen) atoms. The standard InChI is InChI=1S/C23H25N5O4/c1-30-18-7-5-16(13-19(18)31-2)23(29)28-11-9-27(10-12-28)20-8-6-17(14-24-20)21-25-22(32-26-21)15-3-4-15/h5-8,13-15H,3-4,9-12H2,1-2H3. The molecule has 0 unspecified atom stereocenters. The molecule has 2 aromatic heterocycles. The zero-order chi connectivity index (χ0) is 22.1. The highest BCUT2D eigenvalue weighted by Crippen LogP contribution is 2.39. The monoisotopic (exact) mass is 435 g/mol. The van der Waals surface area contributed by atoms with E-state index in [0.717, 1.165) is 30.1 Å². The van der Waals surface area contributed by atoms with Gasteiger partial charge in [-0.25, -0.2) is 4.98 Å². The molecule has 9 nitrogen and oxygen atoms in total. The molecule has 9 heteroatoms. The third-order valence-electron chi connectivity index (χ3n) is 5.90. The average Bonchev–Trinajstić information content (AvgIpc) is 3.59. The van der Waals surface area contributed by atoms with Crippen molar-refractivity contribution in [3.8, 4) is 22.9 Å². The number of benzene rings is 1. The summed E-state index contributed by atoms with van der Waals surface area (Å²) in [6.07, 6.45) is 4.02. The fourth-order valence-corrected chi connectivity index (χ4v) is 3.84. The van der Waals surface area contributed by atoms with Crippen molar-refractivity contribution >= 4 is 11.7 Å². The van der Waals surface area contributed by atoms with E-state index in [1.54, 1.807) is 38.6 Å². The molecular formula is C23H25N5O4. The summed E-state index contributed by atoms with van der Waals surface area (Å²) < 4.78 is 15.9. The van der Waals surface area contributed by atoms with Crippen LogP contribution >= 0.6 is 0 Å². The van der Waals surface area contributed by atoms with Gasteiger partial charge in [-0.2, -0.15) is 4.98 Å². The highest BCUT2D eigenvalue weighted by molar-refractivity contribution is 5.95. The summed E-state index contributed by atoms with van der Waals surface area (Å²) in [6, 6.07) is 9.17. The van der Waals surface area contributed by atoms with Gasteiger partial charge in [0.1, 0.15) is 5.82 Å². The molecule has 5 rings (SSSR count). The molecule has 0 bridgehead atoms. The minimum Gasteiger partial charge on any atom is -0.493 e. The van der Waals surface area contributed by atoms with Gasteiger partial charge in [0.2, 0.25) is 11.7 Å². The maximum atomic E-state index is 12.9. The Balaban J connectivity index is 1.21. The summed E-state index contributed by atoms with van der Waals surface area (Å²) in [4.78, 5) is 26.0. The summed E-state index contributed by atoms with van der Waals surface area (Å²) in [7, 11) is 3.14. The quantitative estimate of drug-likeness (QED) is 0.583. The molecule has 1 saturated heterocycles. The first-order valence-corrected chi connectivity index (χ1v) is 10.7. The molecule has 0 spiro atoms. The van der Waals surface area contributed by atoms with Crippen molar-refractivity contribution in [2.45, 2.75) is 18.8 Å². The van der Waals surface area contributed by atoms with Crippen LogP contribution in [-0.2, 0) is 0 Å². The predicted octanol–water partition coefficient (Wildman–Crippen LogP) is 2.99. The summed E-state index contributed by atoms with van der Waals surface area (Å²) >= 11 is 0. The number of rotatable bonds is 6. The number of carbonyl (C=O) groups is 1. The Morgan fingerprint density at radius 2 is 1.81 bits per heavy atom. The van der Waals surface area contributed by atoms with E-state index in [0.29, 0.717) is 55.0 Å². The molecule has 2 aliphatic rings. The number of nitrogens with zero attached hydrogens (tertiary/aromatic N) is 5. The number of anilines is 1. The number of pyridine rings is 1. The van der Waals surface area contributed by atoms with Crippen molar-refractivity contribution in [1.82, 2.24) is 20.0 Å². The van der Waals surface area contributed by atoms with E-state index in [2.05, 4.69) is 20.0 Å². The Bertz CT molecular complexity index is 1100. The van der Waals surface area contributed by atoms with Gasteiger partial charge in [0, 0.05) is 49.4 Å². The zero-order valence-corrected chi connectivity index (χ0v) is 18.2. The van der Waals surface area contributed by atoms with E-state index in [-0.39, 0.29) is 5.91 Å². The summed E-state index contributed by atoms with van der Waals surface area (Å²) in [5, 5.41) is 4.07. The second-order valence-corrected chi connectivity index (χ2v) is 7.98. The van der Waals surface area contributed by atoms with Gasteiger partial charge in [-0.15, -0.1) is 0 Å². The number of aromatic nitrogens is 3. The molecule has 1 amide bonds. The number of amides is 1. The SMILES string of the molecule is COc1ccc(C(=O)N2CCN(c3ccc(-c4noc(C5CC5)n4)cn3)CC2)cc1OC. The van der Waals surface area contributed by atoms with Crippen molar-refractivity contribution in [3.63, 3.8) is 0 Å². The van der Waals surface area contributed by atoms with Gasteiger partial charge in [0.15, 0.2) is 11.5 Å². The minimum atomic E-state index is -0.0162. The largest absolute Gasteiger partial charge is 0.493 e. The molecule has 0 radical (unpaired) electrons. The van der Waals surface area contributed by atoms with Gasteiger partial charge in [-0.05, 0) is 43.2 Å². The van der Waals surface area contributed by atoms with Gasteiger partial charge in [-0.3, -0.25) is 4.79 Å². The van der Waals surface area contributed by atoms with Crippen LogP contribution in [0.2, 0.25) is 0 Å². The van der Waals surface area contributed by atoms with Crippen LogP contribution in [0.4, 0.5) is 5.82 Å². The molecule has 0 atom stereocenters. The van der Waals surface area contributed by atoms with Crippen molar-refractivity contribution in [1.29, 1.82) is 0 Å². The summed E-state index contributed by atoms with van der Waals surface area (Å²) in [5.41, 5.74) is 1.43. The molecule has 2 fully saturated rings. The molecule has 3 heterocycles. The smallest absolute Gasteiger partial charge is 0.254 e. The lowest BCUT2D eigenvalue weighted by molar-refractivity contribution is 0.0746. The number of ether oxygens (including phenoxy) is 2. The van der Waals surface area contributed by atoms with E-state index in [1.807, 2.05) is 17.0 Å². The fourth-order valence-electron chi connectivity index (χ4n) is 3.84. The molecule has 1 aliphatic heterocycles. The number of hydrogen-bond donors (Lipinski definition) is 0. The topological polar surface area (TPSA) is 93.8 Å². The summed E-state index contributed by atoms with van der Waals surface area (Å²) in [6.45, 7) is 2.65. The van der Waals surface area contributed by atoms with Gasteiger partial charge in [-0.1, -0.05) is 5.16 Å². The normalized spacial score (nSPS) is 16.2. The van der Waals surface area contributed by atoms with E-state index in [1.165, 1.54) is 0 Å². The molecular weight excluding hydrogens is 410 g/mol. The highest BCUT2D eigenvalue weighted by Gasteiger charge is 2.30. The Kier molecular flexibility index (Phi) is 5.38. The second kappa shape index (κ2) is 8.49. The first kappa shape index (κ1) is 20.3. The zero-order valence-electron chi connectivity index (χ0n) is 18.2. The van der Waals surface area contributed by atoms with Crippen LogP contribution in [0.1, 0.15) is 35.0 Å². The van der Waals surface area contributed by atoms with Crippen LogP contribution in [0.5, 0.6) is 11.5 Å². The first-order chi connectivity index (χ1) is 15.7. The number of hydrogen-bond acceptors (Lipinski definition) is 8.